The molecule has 2 heterocycles. The molecule has 0 saturated carbocycles. The van der Waals surface area contributed by atoms with Gasteiger partial charge in [-0.25, -0.2) is 9.69 Å². The highest BCUT2D eigenvalue weighted by atomic mass is 16.6. The Morgan fingerprint density at radius 2 is 1.96 bits per heavy atom. The minimum absolute atomic E-state index is 0.0604. The molecule has 132 valence electrons. The van der Waals surface area contributed by atoms with Crippen LogP contribution in [0.1, 0.15) is 18.9 Å². The molecule has 0 bridgehead atoms. The number of nitrogens with one attached hydrogen (secondary N) is 1. The molecule has 2 aliphatic rings. The molecule has 4 amide bonds. The lowest BCUT2D eigenvalue weighted by Gasteiger charge is -2.20. The molecule has 0 aromatic heterocycles. The van der Waals surface area contributed by atoms with Gasteiger partial charge in [-0.2, -0.15) is 0 Å². The number of nitrogens with zero attached hydrogens (tertiary/aromatic N) is 2. The highest BCUT2D eigenvalue weighted by Gasteiger charge is 2.41. The van der Waals surface area contributed by atoms with Crippen LogP contribution in [0.25, 0.3) is 0 Å². The fraction of sp³-hybridized carbons (Fsp3) is 0.412. The van der Waals surface area contributed by atoms with E-state index in [1.807, 2.05) is 0 Å². The number of rotatable bonds is 4. The summed E-state index contributed by atoms with van der Waals surface area (Å²) >= 11 is 0. The van der Waals surface area contributed by atoms with Crippen LogP contribution in [0.5, 0.6) is 0 Å². The second kappa shape index (κ2) is 6.92. The van der Waals surface area contributed by atoms with Crippen molar-refractivity contribution in [1.29, 1.82) is 0 Å². The SMILES string of the molecule is CC(=O)Nc1ccc(CC(=O)N2CCC(N3C(=O)COC3=O)C2)cc1. The Morgan fingerprint density at radius 1 is 1.24 bits per heavy atom. The Labute approximate surface area is 144 Å². The number of benzene rings is 1. The largest absolute Gasteiger partial charge is 0.439 e. The van der Waals surface area contributed by atoms with Crippen molar-refractivity contribution in [3.63, 3.8) is 0 Å². The van der Waals surface area contributed by atoms with Crippen LogP contribution in [0.4, 0.5) is 10.5 Å². The summed E-state index contributed by atoms with van der Waals surface area (Å²) < 4.78 is 4.72. The van der Waals surface area contributed by atoms with Gasteiger partial charge < -0.3 is 15.0 Å². The summed E-state index contributed by atoms with van der Waals surface area (Å²) in [5.41, 5.74) is 1.51. The zero-order valence-corrected chi connectivity index (χ0v) is 13.9. The van der Waals surface area contributed by atoms with Crippen molar-refractivity contribution in [1.82, 2.24) is 9.80 Å². The van der Waals surface area contributed by atoms with Crippen molar-refractivity contribution in [3.8, 4) is 0 Å². The number of hydrogen-bond donors (Lipinski definition) is 1. The topological polar surface area (TPSA) is 96.0 Å². The minimum atomic E-state index is -0.627. The van der Waals surface area contributed by atoms with E-state index >= 15 is 0 Å². The molecule has 2 aliphatic heterocycles. The summed E-state index contributed by atoms with van der Waals surface area (Å²) in [7, 11) is 0. The van der Waals surface area contributed by atoms with Crippen LogP contribution in [-0.4, -0.2) is 59.4 Å². The molecule has 1 unspecified atom stereocenters. The monoisotopic (exact) mass is 345 g/mol. The normalized spacial score (nSPS) is 20.0. The van der Waals surface area contributed by atoms with Crippen LogP contribution in [0.3, 0.4) is 0 Å². The lowest BCUT2D eigenvalue weighted by atomic mass is 10.1. The van der Waals surface area contributed by atoms with Crippen molar-refractivity contribution >= 4 is 29.5 Å². The first kappa shape index (κ1) is 16.9. The predicted octanol–water partition coefficient (Wildman–Crippen LogP) is 0.767. The zero-order valence-electron chi connectivity index (χ0n) is 13.9. The molecule has 0 aliphatic carbocycles. The standard InChI is InChI=1S/C17H19N3O5/c1-11(21)18-13-4-2-12(3-5-13)8-15(22)19-7-6-14(9-19)20-16(23)10-25-17(20)24/h2-5,14H,6-10H2,1H3,(H,18,21). The van der Waals surface area contributed by atoms with Crippen molar-refractivity contribution in [3.05, 3.63) is 29.8 Å². The highest BCUT2D eigenvalue weighted by molar-refractivity contribution is 5.98. The lowest BCUT2D eigenvalue weighted by molar-refractivity contribution is -0.131. The third-order valence-corrected chi connectivity index (χ3v) is 4.30. The Bertz CT molecular complexity index is 699. The number of ether oxygens (including phenoxy) is 1. The maximum Gasteiger partial charge on any atom is 0.417 e. The smallest absolute Gasteiger partial charge is 0.417 e. The highest BCUT2D eigenvalue weighted by Crippen LogP contribution is 2.21. The molecule has 1 aromatic rings. The molecule has 25 heavy (non-hydrogen) atoms. The second-order valence-electron chi connectivity index (χ2n) is 6.16. The molecule has 0 spiro atoms. The second-order valence-corrected chi connectivity index (χ2v) is 6.16. The average molecular weight is 345 g/mol. The van der Waals surface area contributed by atoms with Crippen LogP contribution in [0.2, 0.25) is 0 Å². The first-order chi connectivity index (χ1) is 11.9. The summed E-state index contributed by atoms with van der Waals surface area (Å²) in [6, 6.07) is 6.76. The van der Waals surface area contributed by atoms with Gasteiger partial charge in [0.2, 0.25) is 11.8 Å². The summed E-state index contributed by atoms with van der Waals surface area (Å²) in [5, 5.41) is 2.67. The van der Waals surface area contributed by atoms with Gasteiger partial charge in [-0.15, -0.1) is 0 Å². The van der Waals surface area contributed by atoms with E-state index in [4.69, 9.17) is 4.74 Å². The van der Waals surface area contributed by atoms with Gasteiger partial charge in [0, 0.05) is 25.7 Å². The first-order valence-corrected chi connectivity index (χ1v) is 8.07. The number of cyclic esters (lactones) is 1. The molecule has 1 aromatic carbocycles. The lowest BCUT2D eigenvalue weighted by Crippen LogP contribution is -2.42. The first-order valence-electron chi connectivity index (χ1n) is 8.07. The predicted molar refractivity (Wildman–Crippen MR) is 87.6 cm³/mol. The molecule has 0 radical (unpaired) electrons. The maximum absolute atomic E-state index is 12.4. The molecule has 2 fully saturated rings. The Morgan fingerprint density at radius 3 is 2.56 bits per heavy atom. The number of imide groups is 1. The maximum atomic E-state index is 12.4. The van der Waals surface area contributed by atoms with E-state index in [1.165, 1.54) is 6.92 Å². The van der Waals surface area contributed by atoms with Crippen molar-refractivity contribution in [2.75, 3.05) is 25.0 Å². The summed E-state index contributed by atoms with van der Waals surface area (Å²) in [6.45, 7) is 2.06. The van der Waals surface area contributed by atoms with Crippen LogP contribution >= 0.6 is 0 Å². The Hall–Kier alpha value is -2.90. The number of amides is 4. The van der Waals surface area contributed by atoms with Gasteiger partial charge >= 0.3 is 6.09 Å². The average Bonchev–Trinajstić information content (AvgIpc) is 3.15. The van der Waals surface area contributed by atoms with E-state index < -0.39 is 6.09 Å². The van der Waals surface area contributed by atoms with Crippen molar-refractivity contribution in [2.24, 2.45) is 0 Å². The number of carbonyl (C=O) groups excluding carboxylic acids is 4. The van der Waals surface area contributed by atoms with Gasteiger partial charge in [-0.05, 0) is 24.1 Å². The van der Waals surface area contributed by atoms with E-state index in [9.17, 15) is 19.2 Å². The minimum Gasteiger partial charge on any atom is -0.439 e. The third kappa shape index (κ3) is 3.78. The molecule has 2 saturated heterocycles. The van der Waals surface area contributed by atoms with Crippen molar-refractivity contribution < 1.29 is 23.9 Å². The van der Waals surface area contributed by atoms with E-state index in [2.05, 4.69) is 5.32 Å². The van der Waals surface area contributed by atoms with Gasteiger partial charge in [0.25, 0.3) is 5.91 Å². The number of anilines is 1. The Kier molecular flexibility index (Phi) is 4.69. The molecule has 1 N–H and O–H groups in total. The Balaban J connectivity index is 1.56. The molecule has 3 rings (SSSR count). The molecule has 8 nitrogen and oxygen atoms in total. The zero-order chi connectivity index (χ0) is 18.0. The van der Waals surface area contributed by atoms with Crippen LogP contribution in [0.15, 0.2) is 24.3 Å². The molecular formula is C17H19N3O5. The van der Waals surface area contributed by atoms with Gasteiger partial charge in [-0.1, -0.05) is 12.1 Å². The van der Waals surface area contributed by atoms with E-state index in [0.717, 1.165) is 10.5 Å². The fourth-order valence-corrected chi connectivity index (χ4v) is 3.09. The number of likely N-dealkylation sites (tertiary alicyclic amines) is 1. The van der Waals surface area contributed by atoms with Crippen LogP contribution in [0, 0.1) is 0 Å². The molecule has 1 atom stereocenters. The third-order valence-electron chi connectivity index (χ3n) is 4.30. The van der Waals surface area contributed by atoms with Gasteiger partial charge in [0.1, 0.15) is 0 Å². The van der Waals surface area contributed by atoms with Gasteiger partial charge in [0.15, 0.2) is 6.61 Å². The van der Waals surface area contributed by atoms with Crippen LogP contribution in [-0.2, 0) is 25.5 Å². The van der Waals surface area contributed by atoms with Crippen molar-refractivity contribution in [2.45, 2.75) is 25.8 Å². The van der Waals surface area contributed by atoms with Gasteiger partial charge in [0.05, 0.1) is 12.5 Å². The summed E-state index contributed by atoms with van der Waals surface area (Å²) in [6.07, 6.45) is 0.164. The summed E-state index contributed by atoms with van der Waals surface area (Å²) in [4.78, 5) is 49.5. The van der Waals surface area contributed by atoms with Gasteiger partial charge in [-0.3, -0.25) is 14.4 Å². The van der Waals surface area contributed by atoms with E-state index in [0.29, 0.717) is 25.2 Å². The van der Waals surface area contributed by atoms with E-state index in [1.54, 1.807) is 29.2 Å². The number of carbonyl (C=O) groups is 4. The van der Waals surface area contributed by atoms with Crippen LogP contribution < -0.4 is 5.32 Å². The van der Waals surface area contributed by atoms with E-state index in [-0.39, 0.29) is 36.8 Å². The molecule has 8 heteroatoms. The fourth-order valence-electron chi connectivity index (χ4n) is 3.09. The quantitative estimate of drug-likeness (QED) is 0.869. The molecular weight excluding hydrogens is 326 g/mol. The summed E-state index contributed by atoms with van der Waals surface area (Å²) in [5.74, 6) is -0.561. The number of hydrogen-bond acceptors (Lipinski definition) is 5.